The lowest BCUT2D eigenvalue weighted by Crippen LogP contribution is -2.20. The van der Waals surface area contributed by atoms with Crippen LogP contribution < -0.4 is 11.3 Å². The van der Waals surface area contributed by atoms with E-state index in [9.17, 15) is 0 Å². The molecule has 0 spiro atoms. The molecule has 0 saturated carbocycles. The summed E-state index contributed by atoms with van der Waals surface area (Å²) in [6, 6.07) is 8.10. The van der Waals surface area contributed by atoms with Gasteiger partial charge in [0.15, 0.2) is 0 Å². The zero-order valence-electron chi connectivity index (χ0n) is 7.90. The van der Waals surface area contributed by atoms with Crippen LogP contribution in [0.2, 0.25) is 0 Å². The fourth-order valence-corrected chi connectivity index (χ4v) is 2.46. The van der Waals surface area contributed by atoms with Crippen molar-refractivity contribution in [1.82, 2.24) is 10.4 Å². The molecule has 0 unspecified atom stereocenters. The molecule has 1 aromatic heterocycles. The third-order valence-electron chi connectivity index (χ3n) is 1.91. The number of aromatic nitrogens is 1. The molecule has 0 saturated heterocycles. The summed E-state index contributed by atoms with van der Waals surface area (Å²) in [6.45, 7) is 0.602. The van der Waals surface area contributed by atoms with Crippen LogP contribution in [0.3, 0.4) is 0 Å². The second-order valence-corrected chi connectivity index (χ2v) is 4.81. The average molecular weight is 284 g/mol. The number of hydrogen-bond donors (Lipinski definition) is 2. The van der Waals surface area contributed by atoms with Crippen molar-refractivity contribution < 1.29 is 0 Å². The lowest BCUT2D eigenvalue weighted by atomic mass is 10.2. The summed E-state index contributed by atoms with van der Waals surface area (Å²) in [5.74, 6) is 5.24. The summed E-state index contributed by atoms with van der Waals surface area (Å²) in [7, 11) is 0. The Labute approximate surface area is 100 Å². The van der Waals surface area contributed by atoms with Gasteiger partial charge in [0.2, 0.25) is 0 Å². The molecular formula is C10H10BrN3S. The first-order chi connectivity index (χ1) is 7.29. The number of hydrogen-bond acceptors (Lipinski definition) is 4. The van der Waals surface area contributed by atoms with Gasteiger partial charge in [-0.3, -0.25) is 11.3 Å². The van der Waals surface area contributed by atoms with E-state index in [4.69, 9.17) is 5.84 Å². The topological polar surface area (TPSA) is 50.9 Å². The average Bonchev–Trinajstić information content (AvgIpc) is 2.67. The van der Waals surface area contributed by atoms with Gasteiger partial charge >= 0.3 is 0 Å². The first-order valence-electron chi connectivity index (χ1n) is 4.43. The summed E-state index contributed by atoms with van der Waals surface area (Å²) in [6.07, 6.45) is 0. The molecular weight excluding hydrogens is 274 g/mol. The van der Waals surface area contributed by atoms with Gasteiger partial charge < -0.3 is 0 Å². The smallest absolute Gasteiger partial charge is 0.123 e. The van der Waals surface area contributed by atoms with Crippen molar-refractivity contribution in [2.75, 3.05) is 0 Å². The minimum atomic E-state index is 0.602. The molecule has 15 heavy (non-hydrogen) atoms. The monoisotopic (exact) mass is 283 g/mol. The molecule has 0 amide bonds. The van der Waals surface area contributed by atoms with Crippen molar-refractivity contribution in [3.8, 4) is 10.6 Å². The Bertz CT molecular complexity index is 455. The largest absolute Gasteiger partial charge is 0.271 e. The van der Waals surface area contributed by atoms with Gasteiger partial charge in [0, 0.05) is 15.4 Å². The molecule has 5 heteroatoms. The van der Waals surface area contributed by atoms with Crippen LogP contribution in [-0.4, -0.2) is 4.98 Å². The molecule has 0 aliphatic heterocycles. The Morgan fingerprint density at radius 2 is 2.33 bits per heavy atom. The van der Waals surface area contributed by atoms with E-state index in [-0.39, 0.29) is 0 Å². The maximum Gasteiger partial charge on any atom is 0.123 e. The van der Waals surface area contributed by atoms with E-state index in [1.807, 2.05) is 23.6 Å². The highest BCUT2D eigenvalue weighted by Crippen LogP contribution is 2.25. The third kappa shape index (κ3) is 2.63. The van der Waals surface area contributed by atoms with Gasteiger partial charge in [-0.05, 0) is 12.1 Å². The van der Waals surface area contributed by atoms with Crippen molar-refractivity contribution in [2.45, 2.75) is 6.54 Å². The van der Waals surface area contributed by atoms with Crippen LogP contribution >= 0.6 is 27.3 Å². The molecule has 1 heterocycles. The number of halogens is 1. The van der Waals surface area contributed by atoms with Crippen molar-refractivity contribution in [1.29, 1.82) is 0 Å². The van der Waals surface area contributed by atoms with Gasteiger partial charge in [-0.15, -0.1) is 11.3 Å². The normalized spacial score (nSPS) is 10.5. The fourth-order valence-electron chi connectivity index (χ4n) is 1.25. The Balaban J connectivity index is 2.29. The van der Waals surface area contributed by atoms with E-state index in [2.05, 4.69) is 32.4 Å². The number of nitrogens with zero attached hydrogens (tertiary/aromatic N) is 1. The van der Waals surface area contributed by atoms with Crippen LogP contribution in [-0.2, 0) is 6.54 Å². The summed E-state index contributed by atoms with van der Waals surface area (Å²) < 4.78 is 1.06. The highest BCUT2D eigenvalue weighted by molar-refractivity contribution is 9.10. The third-order valence-corrected chi connectivity index (χ3v) is 3.34. The molecule has 0 aliphatic rings. The number of nitrogens with two attached hydrogens (primary N) is 1. The first kappa shape index (κ1) is 10.8. The lowest BCUT2D eigenvalue weighted by molar-refractivity contribution is 0.727. The Kier molecular flexibility index (Phi) is 3.48. The quantitative estimate of drug-likeness (QED) is 0.672. The van der Waals surface area contributed by atoms with E-state index in [0.29, 0.717) is 6.54 Å². The summed E-state index contributed by atoms with van der Waals surface area (Å²) in [5.41, 5.74) is 4.69. The van der Waals surface area contributed by atoms with Crippen LogP contribution in [0.25, 0.3) is 10.6 Å². The highest BCUT2D eigenvalue weighted by Gasteiger charge is 2.04. The minimum absolute atomic E-state index is 0.602. The van der Waals surface area contributed by atoms with Crippen molar-refractivity contribution in [3.63, 3.8) is 0 Å². The summed E-state index contributed by atoms with van der Waals surface area (Å²) in [4.78, 5) is 4.47. The van der Waals surface area contributed by atoms with Gasteiger partial charge in [-0.2, -0.15) is 0 Å². The minimum Gasteiger partial charge on any atom is -0.271 e. The SMILES string of the molecule is NNCc1csc(-c2cccc(Br)c2)n1. The number of hydrazine groups is 1. The van der Waals surface area contributed by atoms with Crippen LogP contribution in [0.15, 0.2) is 34.1 Å². The van der Waals surface area contributed by atoms with Crippen LogP contribution in [0.4, 0.5) is 0 Å². The number of nitrogens with one attached hydrogen (secondary N) is 1. The predicted octanol–water partition coefficient (Wildman–Crippen LogP) is 2.54. The van der Waals surface area contributed by atoms with E-state index in [1.165, 1.54) is 0 Å². The predicted molar refractivity (Wildman–Crippen MR) is 66.3 cm³/mol. The Morgan fingerprint density at radius 1 is 1.47 bits per heavy atom. The molecule has 1 aromatic carbocycles. The molecule has 0 radical (unpaired) electrons. The lowest BCUT2D eigenvalue weighted by Gasteiger charge is -1.96. The Morgan fingerprint density at radius 3 is 3.07 bits per heavy atom. The standard InChI is InChI=1S/C10H10BrN3S/c11-8-3-1-2-7(4-8)10-14-9(5-13-12)6-15-10/h1-4,6,13H,5,12H2. The van der Waals surface area contributed by atoms with Gasteiger partial charge in [0.1, 0.15) is 5.01 Å². The van der Waals surface area contributed by atoms with E-state index in [0.717, 1.165) is 20.7 Å². The molecule has 0 atom stereocenters. The van der Waals surface area contributed by atoms with E-state index < -0.39 is 0 Å². The Hall–Kier alpha value is -0.750. The molecule has 3 nitrogen and oxygen atoms in total. The summed E-state index contributed by atoms with van der Waals surface area (Å²) >= 11 is 5.07. The van der Waals surface area contributed by atoms with Crippen LogP contribution in [0.5, 0.6) is 0 Å². The van der Waals surface area contributed by atoms with E-state index in [1.54, 1.807) is 11.3 Å². The van der Waals surface area contributed by atoms with E-state index >= 15 is 0 Å². The molecule has 3 N–H and O–H groups in total. The zero-order chi connectivity index (χ0) is 10.7. The number of rotatable bonds is 3. The fraction of sp³-hybridized carbons (Fsp3) is 0.100. The molecule has 2 rings (SSSR count). The molecule has 2 aromatic rings. The van der Waals surface area contributed by atoms with Crippen molar-refractivity contribution in [3.05, 3.63) is 39.8 Å². The van der Waals surface area contributed by atoms with Gasteiger partial charge in [0.05, 0.1) is 12.2 Å². The number of benzene rings is 1. The van der Waals surface area contributed by atoms with Crippen molar-refractivity contribution in [2.24, 2.45) is 5.84 Å². The van der Waals surface area contributed by atoms with Crippen molar-refractivity contribution >= 4 is 27.3 Å². The first-order valence-corrected chi connectivity index (χ1v) is 6.10. The highest BCUT2D eigenvalue weighted by atomic mass is 79.9. The second-order valence-electron chi connectivity index (χ2n) is 3.04. The van der Waals surface area contributed by atoms with Gasteiger partial charge in [-0.1, -0.05) is 28.1 Å². The molecule has 0 aliphatic carbocycles. The molecule has 0 fully saturated rings. The maximum atomic E-state index is 5.24. The summed E-state index contributed by atoms with van der Waals surface area (Å²) in [5, 5.41) is 3.03. The maximum absolute atomic E-state index is 5.24. The van der Waals surface area contributed by atoms with Crippen LogP contribution in [0, 0.1) is 0 Å². The second kappa shape index (κ2) is 4.85. The van der Waals surface area contributed by atoms with Crippen LogP contribution in [0.1, 0.15) is 5.69 Å². The van der Waals surface area contributed by atoms with Gasteiger partial charge in [-0.25, -0.2) is 4.98 Å². The van der Waals surface area contributed by atoms with Gasteiger partial charge in [0.25, 0.3) is 0 Å². The number of thiazole rings is 1. The molecule has 78 valence electrons. The molecule has 0 bridgehead atoms. The zero-order valence-corrected chi connectivity index (χ0v) is 10.3.